The second kappa shape index (κ2) is 5.27. The van der Waals surface area contributed by atoms with E-state index in [9.17, 15) is 9.18 Å². The molecule has 0 bridgehead atoms. The number of aliphatic carboxylic acids is 1. The van der Waals surface area contributed by atoms with Crippen LogP contribution < -0.4 is 4.90 Å². The van der Waals surface area contributed by atoms with E-state index in [1.807, 2.05) is 0 Å². The highest BCUT2D eigenvalue weighted by Gasteiger charge is 2.35. The fourth-order valence-corrected chi connectivity index (χ4v) is 2.52. The third kappa shape index (κ3) is 3.00. The lowest BCUT2D eigenvalue weighted by molar-refractivity contribution is -0.131. The molecule has 0 aromatic heterocycles. The van der Waals surface area contributed by atoms with Crippen LogP contribution in [0.15, 0.2) is 24.3 Å². The molecule has 0 spiro atoms. The van der Waals surface area contributed by atoms with Crippen molar-refractivity contribution in [3.63, 3.8) is 0 Å². The Balaban J connectivity index is 1.93. The number of rotatable bonds is 6. The average molecular weight is 275 g/mol. The van der Waals surface area contributed by atoms with Gasteiger partial charge in [-0.2, -0.15) is 0 Å². The van der Waals surface area contributed by atoms with Crippen LogP contribution in [0.5, 0.6) is 0 Å². The summed E-state index contributed by atoms with van der Waals surface area (Å²) in [5, 5.41) is 8.76. The van der Waals surface area contributed by atoms with E-state index in [-0.39, 0.29) is 5.82 Å². The summed E-state index contributed by atoms with van der Waals surface area (Å²) in [4.78, 5) is 12.8. The van der Waals surface area contributed by atoms with Crippen molar-refractivity contribution in [1.29, 1.82) is 0 Å². The standard InChI is InChI=1S/C16H18FNO2/c17-14-3-1-2-12(6-9-15(19)20)16(14)18(13-7-8-13)10-11-4-5-11/h1-3,6,9,11,13H,4-5,7-8,10H2,(H,19,20)/b9-6+. The van der Waals surface area contributed by atoms with Crippen molar-refractivity contribution in [3.05, 3.63) is 35.7 Å². The maximum absolute atomic E-state index is 14.3. The van der Waals surface area contributed by atoms with Gasteiger partial charge in [0.05, 0.1) is 5.69 Å². The molecule has 1 aromatic rings. The first kappa shape index (κ1) is 13.2. The first-order chi connectivity index (χ1) is 9.65. The molecular formula is C16H18FNO2. The van der Waals surface area contributed by atoms with Crippen LogP contribution in [-0.4, -0.2) is 23.7 Å². The number of carbonyl (C=O) groups is 1. The Morgan fingerprint density at radius 1 is 1.35 bits per heavy atom. The van der Waals surface area contributed by atoms with Crippen molar-refractivity contribution >= 4 is 17.7 Å². The van der Waals surface area contributed by atoms with Gasteiger partial charge in [-0.05, 0) is 43.7 Å². The van der Waals surface area contributed by atoms with Crippen molar-refractivity contribution in [3.8, 4) is 0 Å². The van der Waals surface area contributed by atoms with Gasteiger partial charge >= 0.3 is 5.97 Å². The van der Waals surface area contributed by atoms with Crippen molar-refractivity contribution in [1.82, 2.24) is 0 Å². The lowest BCUT2D eigenvalue weighted by Crippen LogP contribution is -2.29. The molecule has 2 aliphatic carbocycles. The Bertz CT molecular complexity index is 547. The SMILES string of the molecule is O=C(O)/C=C/c1cccc(F)c1N(CC1CC1)C1CC1. The second-order valence-electron chi connectivity index (χ2n) is 5.68. The van der Waals surface area contributed by atoms with Gasteiger partial charge in [0.1, 0.15) is 5.82 Å². The molecule has 3 nitrogen and oxygen atoms in total. The van der Waals surface area contributed by atoms with Crippen molar-refractivity contribution in [2.24, 2.45) is 5.92 Å². The van der Waals surface area contributed by atoms with Gasteiger partial charge < -0.3 is 10.0 Å². The molecule has 2 saturated carbocycles. The van der Waals surface area contributed by atoms with Crippen LogP contribution in [0.3, 0.4) is 0 Å². The van der Waals surface area contributed by atoms with Gasteiger partial charge in [0.15, 0.2) is 0 Å². The van der Waals surface area contributed by atoms with Crippen LogP contribution >= 0.6 is 0 Å². The zero-order valence-corrected chi connectivity index (χ0v) is 11.3. The fourth-order valence-electron chi connectivity index (χ4n) is 2.52. The van der Waals surface area contributed by atoms with Gasteiger partial charge in [0.25, 0.3) is 0 Å². The summed E-state index contributed by atoms with van der Waals surface area (Å²) >= 11 is 0. The lowest BCUT2D eigenvalue weighted by atomic mass is 10.1. The summed E-state index contributed by atoms with van der Waals surface area (Å²) in [6, 6.07) is 5.28. The number of halogens is 1. The predicted octanol–water partition coefficient (Wildman–Crippen LogP) is 3.30. The van der Waals surface area contributed by atoms with E-state index < -0.39 is 5.97 Å². The largest absolute Gasteiger partial charge is 0.478 e. The molecule has 4 heteroatoms. The highest BCUT2D eigenvalue weighted by Crippen LogP contribution is 2.40. The summed E-state index contributed by atoms with van der Waals surface area (Å²) < 4.78 is 14.3. The zero-order valence-electron chi connectivity index (χ0n) is 11.3. The molecule has 0 aliphatic heterocycles. The first-order valence-corrected chi connectivity index (χ1v) is 7.11. The summed E-state index contributed by atoms with van der Waals surface area (Å²) in [5.74, 6) is -0.600. The Labute approximate surface area is 117 Å². The van der Waals surface area contributed by atoms with E-state index in [1.165, 1.54) is 25.0 Å². The number of anilines is 1. The zero-order chi connectivity index (χ0) is 14.1. The van der Waals surface area contributed by atoms with Crippen LogP contribution in [0, 0.1) is 11.7 Å². The fraction of sp³-hybridized carbons (Fsp3) is 0.438. The van der Waals surface area contributed by atoms with Gasteiger partial charge in [0, 0.05) is 24.2 Å². The van der Waals surface area contributed by atoms with Crippen LogP contribution in [0.2, 0.25) is 0 Å². The molecule has 2 aliphatic rings. The number of nitrogens with zero attached hydrogens (tertiary/aromatic N) is 1. The van der Waals surface area contributed by atoms with Gasteiger partial charge in [0.2, 0.25) is 0 Å². The minimum atomic E-state index is -1.01. The summed E-state index contributed by atoms with van der Waals surface area (Å²) in [7, 11) is 0. The smallest absolute Gasteiger partial charge is 0.328 e. The Morgan fingerprint density at radius 3 is 2.70 bits per heavy atom. The minimum Gasteiger partial charge on any atom is -0.478 e. The summed E-state index contributed by atoms with van der Waals surface area (Å²) in [6.45, 7) is 0.888. The monoisotopic (exact) mass is 275 g/mol. The van der Waals surface area contributed by atoms with E-state index in [0.717, 1.165) is 25.5 Å². The van der Waals surface area contributed by atoms with Gasteiger partial charge in [-0.1, -0.05) is 12.1 Å². The molecule has 0 atom stereocenters. The summed E-state index contributed by atoms with van der Waals surface area (Å²) in [6.07, 6.45) is 7.20. The van der Waals surface area contributed by atoms with Gasteiger partial charge in [-0.3, -0.25) is 0 Å². The molecule has 0 amide bonds. The highest BCUT2D eigenvalue weighted by atomic mass is 19.1. The molecular weight excluding hydrogens is 257 g/mol. The number of hydrogen-bond acceptors (Lipinski definition) is 2. The molecule has 1 N–H and O–H groups in total. The summed E-state index contributed by atoms with van der Waals surface area (Å²) in [5.41, 5.74) is 1.22. The van der Waals surface area contributed by atoms with Gasteiger partial charge in [-0.15, -0.1) is 0 Å². The van der Waals surface area contributed by atoms with E-state index >= 15 is 0 Å². The molecule has 0 radical (unpaired) electrons. The number of carboxylic acids is 1. The predicted molar refractivity (Wildman–Crippen MR) is 76.2 cm³/mol. The van der Waals surface area contributed by atoms with E-state index in [2.05, 4.69) is 4.90 Å². The first-order valence-electron chi connectivity index (χ1n) is 7.11. The third-order valence-corrected chi connectivity index (χ3v) is 3.85. The second-order valence-corrected chi connectivity index (χ2v) is 5.68. The Morgan fingerprint density at radius 2 is 2.10 bits per heavy atom. The molecule has 1 aromatic carbocycles. The normalized spacial score (nSPS) is 18.4. The quantitative estimate of drug-likeness (QED) is 0.810. The van der Waals surface area contributed by atoms with E-state index in [4.69, 9.17) is 5.11 Å². The molecule has 106 valence electrons. The maximum Gasteiger partial charge on any atom is 0.328 e. The van der Waals surface area contributed by atoms with Crippen LogP contribution in [0.25, 0.3) is 6.08 Å². The number of carboxylic acid groups (broad SMARTS) is 1. The molecule has 20 heavy (non-hydrogen) atoms. The topological polar surface area (TPSA) is 40.5 Å². The Kier molecular flexibility index (Phi) is 3.47. The van der Waals surface area contributed by atoms with Crippen molar-refractivity contribution in [2.75, 3.05) is 11.4 Å². The van der Waals surface area contributed by atoms with Gasteiger partial charge in [-0.25, -0.2) is 9.18 Å². The van der Waals surface area contributed by atoms with Crippen molar-refractivity contribution in [2.45, 2.75) is 31.7 Å². The van der Waals surface area contributed by atoms with Crippen molar-refractivity contribution < 1.29 is 14.3 Å². The molecule has 3 rings (SSSR count). The molecule has 0 saturated heterocycles. The van der Waals surface area contributed by atoms with E-state index in [1.54, 1.807) is 12.1 Å². The lowest BCUT2D eigenvalue weighted by Gasteiger charge is -2.27. The maximum atomic E-state index is 14.3. The minimum absolute atomic E-state index is 0.259. The highest BCUT2D eigenvalue weighted by molar-refractivity contribution is 5.87. The molecule has 0 unspecified atom stereocenters. The van der Waals surface area contributed by atoms with Crippen LogP contribution in [0.1, 0.15) is 31.2 Å². The third-order valence-electron chi connectivity index (χ3n) is 3.85. The van der Waals surface area contributed by atoms with E-state index in [0.29, 0.717) is 23.2 Å². The number of para-hydroxylation sites is 1. The number of hydrogen-bond donors (Lipinski definition) is 1. The van der Waals surface area contributed by atoms with Crippen LogP contribution in [-0.2, 0) is 4.79 Å². The van der Waals surface area contributed by atoms with Crippen LogP contribution in [0.4, 0.5) is 10.1 Å². The Hall–Kier alpha value is -1.84. The average Bonchev–Trinajstić information content (AvgIpc) is 3.26. The number of benzene rings is 1. The molecule has 0 heterocycles. The molecule has 2 fully saturated rings.